The van der Waals surface area contributed by atoms with E-state index in [0.717, 1.165) is 21.3 Å². The fourth-order valence-corrected chi connectivity index (χ4v) is 4.41. The first kappa shape index (κ1) is 13.6. The average Bonchev–Trinajstić information content (AvgIpc) is 3.14. The fourth-order valence-electron chi connectivity index (χ4n) is 2.10. The quantitative estimate of drug-likeness (QED) is 0.922. The molecular weight excluding hydrogens is 294 g/mol. The van der Waals surface area contributed by atoms with Crippen LogP contribution in [-0.4, -0.2) is 23.8 Å². The number of benzene rings is 1. The van der Waals surface area contributed by atoms with Gasteiger partial charge in [0, 0.05) is 11.8 Å². The Bertz CT molecular complexity index is 613. The maximum atomic E-state index is 12.3. The van der Waals surface area contributed by atoms with Crippen LogP contribution in [0.1, 0.15) is 11.6 Å². The van der Waals surface area contributed by atoms with Crippen molar-refractivity contribution in [1.29, 1.82) is 0 Å². The SMILES string of the molecule is CNC(CS(=O)c1cccs1)c1ccc2c(c1)OCO2. The lowest BCUT2D eigenvalue weighted by atomic mass is 10.1. The highest BCUT2D eigenvalue weighted by Gasteiger charge is 2.19. The Balaban J connectivity index is 1.78. The second-order valence-corrected chi connectivity index (χ2v) is 7.07. The molecule has 106 valence electrons. The van der Waals surface area contributed by atoms with E-state index in [1.54, 1.807) is 0 Å². The minimum Gasteiger partial charge on any atom is -0.454 e. The molecule has 3 rings (SSSR count). The molecule has 1 aliphatic heterocycles. The summed E-state index contributed by atoms with van der Waals surface area (Å²) in [5, 5.41) is 5.16. The summed E-state index contributed by atoms with van der Waals surface area (Å²) in [6, 6.07) is 9.69. The third kappa shape index (κ3) is 2.72. The maximum absolute atomic E-state index is 12.3. The highest BCUT2D eigenvalue weighted by molar-refractivity contribution is 7.87. The van der Waals surface area contributed by atoms with E-state index in [1.807, 2.05) is 42.8 Å². The smallest absolute Gasteiger partial charge is 0.231 e. The van der Waals surface area contributed by atoms with Crippen LogP contribution in [0.15, 0.2) is 39.9 Å². The van der Waals surface area contributed by atoms with Crippen molar-refractivity contribution in [1.82, 2.24) is 5.32 Å². The Kier molecular flexibility index (Phi) is 4.05. The van der Waals surface area contributed by atoms with Crippen molar-refractivity contribution in [3.63, 3.8) is 0 Å². The third-order valence-corrected chi connectivity index (χ3v) is 5.91. The molecule has 2 unspecified atom stereocenters. The summed E-state index contributed by atoms with van der Waals surface area (Å²) in [4.78, 5) is 0. The van der Waals surface area contributed by atoms with E-state index in [0.29, 0.717) is 5.75 Å². The number of hydrogen-bond acceptors (Lipinski definition) is 5. The zero-order chi connectivity index (χ0) is 13.9. The molecule has 1 aromatic carbocycles. The molecular formula is C14H15NO3S2. The summed E-state index contributed by atoms with van der Waals surface area (Å²) in [5.74, 6) is 2.06. The molecule has 2 heterocycles. The lowest BCUT2D eigenvalue weighted by Gasteiger charge is -2.16. The summed E-state index contributed by atoms with van der Waals surface area (Å²) in [6.07, 6.45) is 0. The zero-order valence-electron chi connectivity index (χ0n) is 11.0. The molecule has 0 aliphatic carbocycles. The predicted octanol–water partition coefficient (Wildman–Crippen LogP) is 2.55. The number of fused-ring (bicyclic) bond motifs is 1. The Labute approximate surface area is 124 Å². The predicted molar refractivity (Wildman–Crippen MR) is 80.0 cm³/mol. The van der Waals surface area contributed by atoms with Crippen molar-refractivity contribution in [3.8, 4) is 11.5 Å². The Morgan fingerprint density at radius 3 is 2.95 bits per heavy atom. The number of ether oxygens (including phenoxy) is 2. The molecule has 0 saturated carbocycles. The van der Waals surface area contributed by atoms with E-state index in [4.69, 9.17) is 9.47 Å². The topological polar surface area (TPSA) is 47.6 Å². The van der Waals surface area contributed by atoms with Gasteiger partial charge < -0.3 is 14.8 Å². The van der Waals surface area contributed by atoms with Gasteiger partial charge in [0.25, 0.3) is 0 Å². The van der Waals surface area contributed by atoms with E-state index >= 15 is 0 Å². The third-order valence-electron chi connectivity index (χ3n) is 3.18. The van der Waals surface area contributed by atoms with Crippen molar-refractivity contribution < 1.29 is 13.7 Å². The number of hydrogen-bond donors (Lipinski definition) is 1. The normalized spacial score (nSPS) is 16.1. The lowest BCUT2D eigenvalue weighted by Crippen LogP contribution is -2.22. The monoisotopic (exact) mass is 309 g/mol. The Morgan fingerprint density at radius 2 is 2.20 bits per heavy atom. The van der Waals surface area contributed by atoms with Crippen LogP contribution in [-0.2, 0) is 10.8 Å². The molecule has 1 N–H and O–H groups in total. The van der Waals surface area contributed by atoms with E-state index in [9.17, 15) is 4.21 Å². The summed E-state index contributed by atoms with van der Waals surface area (Å²) in [6.45, 7) is 0.268. The molecule has 0 radical (unpaired) electrons. The van der Waals surface area contributed by atoms with Gasteiger partial charge in [-0.1, -0.05) is 12.1 Å². The zero-order valence-corrected chi connectivity index (χ0v) is 12.6. The standard InChI is InChI=1S/C14H15NO3S2/c1-15-11(8-20(16)14-3-2-6-19-14)10-4-5-12-13(7-10)18-9-17-12/h2-7,11,15H,8-9H2,1H3. The van der Waals surface area contributed by atoms with Gasteiger partial charge in [-0.2, -0.15) is 0 Å². The van der Waals surface area contributed by atoms with Crippen LogP contribution in [0.25, 0.3) is 0 Å². The first-order valence-corrected chi connectivity index (χ1v) is 8.46. The molecule has 4 nitrogen and oxygen atoms in total. The molecule has 6 heteroatoms. The molecule has 1 aliphatic rings. The van der Waals surface area contributed by atoms with E-state index in [1.165, 1.54) is 11.3 Å². The van der Waals surface area contributed by atoms with Crippen molar-refractivity contribution in [3.05, 3.63) is 41.3 Å². The Hall–Kier alpha value is -1.37. The molecule has 0 saturated heterocycles. The van der Waals surface area contributed by atoms with Crippen LogP contribution in [0.5, 0.6) is 11.5 Å². The van der Waals surface area contributed by atoms with Gasteiger partial charge in [-0.05, 0) is 36.2 Å². The van der Waals surface area contributed by atoms with E-state index in [2.05, 4.69) is 5.32 Å². The number of thiophene rings is 1. The second kappa shape index (κ2) is 5.95. The highest BCUT2D eigenvalue weighted by Crippen LogP contribution is 2.34. The van der Waals surface area contributed by atoms with Gasteiger partial charge in [-0.15, -0.1) is 11.3 Å². The lowest BCUT2D eigenvalue weighted by molar-refractivity contribution is 0.174. The number of nitrogens with one attached hydrogen (secondary N) is 1. The summed E-state index contributed by atoms with van der Waals surface area (Å²) < 4.78 is 23.9. The van der Waals surface area contributed by atoms with Gasteiger partial charge in [0.1, 0.15) is 0 Å². The summed E-state index contributed by atoms with van der Waals surface area (Å²) in [7, 11) is 0.879. The summed E-state index contributed by atoms with van der Waals surface area (Å²) in [5.41, 5.74) is 1.06. The van der Waals surface area contributed by atoms with Crippen LogP contribution >= 0.6 is 11.3 Å². The molecule has 2 aromatic rings. The Morgan fingerprint density at radius 1 is 1.35 bits per heavy atom. The molecule has 2 atom stereocenters. The van der Waals surface area contributed by atoms with Gasteiger partial charge in [0.15, 0.2) is 11.5 Å². The highest BCUT2D eigenvalue weighted by atomic mass is 32.2. The average molecular weight is 309 g/mol. The van der Waals surface area contributed by atoms with Crippen molar-refractivity contribution in [2.75, 3.05) is 19.6 Å². The van der Waals surface area contributed by atoms with Crippen LogP contribution in [0.4, 0.5) is 0 Å². The van der Waals surface area contributed by atoms with E-state index < -0.39 is 10.8 Å². The molecule has 1 aromatic heterocycles. The maximum Gasteiger partial charge on any atom is 0.231 e. The van der Waals surface area contributed by atoms with Gasteiger partial charge in [-0.3, -0.25) is 4.21 Å². The summed E-state index contributed by atoms with van der Waals surface area (Å²) >= 11 is 1.53. The van der Waals surface area contributed by atoms with Crippen LogP contribution in [0.3, 0.4) is 0 Å². The van der Waals surface area contributed by atoms with Gasteiger partial charge in [-0.25, -0.2) is 0 Å². The first-order valence-electron chi connectivity index (χ1n) is 6.26. The van der Waals surface area contributed by atoms with Gasteiger partial charge in [0.2, 0.25) is 6.79 Å². The molecule has 20 heavy (non-hydrogen) atoms. The minimum absolute atomic E-state index is 0.0208. The molecule has 0 fully saturated rings. The van der Waals surface area contributed by atoms with Crippen molar-refractivity contribution in [2.24, 2.45) is 0 Å². The van der Waals surface area contributed by atoms with Gasteiger partial charge >= 0.3 is 0 Å². The fraction of sp³-hybridized carbons (Fsp3) is 0.286. The van der Waals surface area contributed by atoms with Crippen molar-refractivity contribution >= 4 is 22.1 Å². The van der Waals surface area contributed by atoms with Gasteiger partial charge in [0.05, 0.1) is 15.0 Å². The van der Waals surface area contributed by atoms with Crippen LogP contribution < -0.4 is 14.8 Å². The molecule has 0 amide bonds. The van der Waals surface area contributed by atoms with E-state index in [-0.39, 0.29) is 12.8 Å². The van der Waals surface area contributed by atoms with Crippen LogP contribution in [0.2, 0.25) is 0 Å². The molecule has 0 bridgehead atoms. The number of rotatable bonds is 5. The second-order valence-electron chi connectivity index (χ2n) is 4.40. The largest absolute Gasteiger partial charge is 0.454 e. The minimum atomic E-state index is -0.997. The first-order chi connectivity index (χ1) is 9.78. The van der Waals surface area contributed by atoms with Crippen LogP contribution in [0, 0.1) is 0 Å². The molecule has 0 spiro atoms. The van der Waals surface area contributed by atoms with Crippen molar-refractivity contribution in [2.45, 2.75) is 10.3 Å².